The maximum atomic E-state index is 14.9. The topological polar surface area (TPSA) is 109 Å². The van der Waals surface area contributed by atoms with Gasteiger partial charge in [-0.1, -0.05) is 84.4 Å². The molecule has 9 rings (SSSR count). The smallest absolute Gasteiger partial charge is 0.313 e. The van der Waals surface area contributed by atoms with E-state index in [9.17, 15) is 4.79 Å². The second-order valence-corrected chi connectivity index (χ2v) is 20.8. The van der Waals surface area contributed by atoms with Crippen molar-refractivity contribution < 1.29 is 13.9 Å². The van der Waals surface area contributed by atoms with Gasteiger partial charge in [-0.3, -0.25) is 14.8 Å². The lowest BCUT2D eigenvalue weighted by atomic mass is 9.32. The maximum absolute atomic E-state index is 14.9. The summed E-state index contributed by atoms with van der Waals surface area (Å²) in [7, 11) is 0. The van der Waals surface area contributed by atoms with E-state index in [0.717, 1.165) is 94.8 Å². The van der Waals surface area contributed by atoms with Crippen LogP contribution < -0.4 is 11.1 Å². The minimum Gasteiger partial charge on any atom is -0.467 e. The van der Waals surface area contributed by atoms with E-state index >= 15 is 0 Å². The Kier molecular flexibility index (Phi) is 8.68. The second kappa shape index (κ2) is 12.8. The number of esters is 1. The van der Waals surface area contributed by atoms with Crippen molar-refractivity contribution in [2.45, 2.75) is 125 Å². The van der Waals surface area contributed by atoms with E-state index < -0.39 is 5.41 Å². The lowest BCUT2D eigenvalue weighted by Gasteiger charge is -2.71. The number of nitrogens with one attached hydrogen (secondary N) is 2. The molecule has 4 N–H and O–H groups in total. The Balaban J connectivity index is 1.22. The van der Waals surface area contributed by atoms with Crippen molar-refractivity contribution in [1.82, 2.24) is 20.4 Å². The van der Waals surface area contributed by atoms with E-state index in [1.54, 1.807) is 5.57 Å². The number of ether oxygens (including phenoxy) is 1. The highest BCUT2D eigenvalue weighted by Gasteiger charge is 2.70. The average Bonchev–Trinajstić information content (AvgIpc) is 3.77. The molecule has 6 aliphatic rings. The van der Waals surface area contributed by atoms with Crippen molar-refractivity contribution in [3.8, 4) is 0 Å². The number of fused-ring (bicyclic) bond motifs is 8. The molecular weight excluding hydrogens is 683 g/mol. The number of nitrogen functional groups attached to an aromatic ring is 1. The van der Waals surface area contributed by atoms with Gasteiger partial charge < -0.3 is 20.2 Å². The highest BCUT2D eigenvalue weighted by Crippen LogP contribution is 2.77. The number of rotatable bonds is 6. The molecule has 296 valence electrons. The molecule has 8 heteroatoms. The molecule has 3 aromatic rings. The van der Waals surface area contributed by atoms with Crippen molar-refractivity contribution in [2.24, 2.45) is 44.8 Å². The standard InChI is InChI=1S/C47H65N5O3/c1-42(2)16-18-47(41(53)55-29-30-11-9-8-10-12-30)19-17-46(7)38(34(47)27-42)32(31-14-24-54-35(31)28-52-22-20-49-21-23-52)25-37-44(5)26-33-39(50-51-40(33)48)43(3,4)36(44)13-15-45(37,46)6/h8-12,14,24,34,36-37,49H,13,15-23,25-29H2,1-7H3,(H3,48,50,51)/t34-,36-,37?,44-,45+,46+,47-/m0/s1. The first-order valence-electron chi connectivity index (χ1n) is 21.4. The number of H-pyrrole nitrogens is 1. The van der Waals surface area contributed by atoms with E-state index in [0.29, 0.717) is 18.4 Å². The number of benzene rings is 1. The molecule has 3 heterocycles. The van der Waals surface area contributed by atoms with Gasteiger partial charge in [0.2, 0.25) is 0 Å². The summed E-state index contributed by atoms with van der Waals surface area (Å²) in [5.41, 5.74) is 13.9. The molecule has 7 atom stereocenters. The van der Waals surface area contributed by atoms with Crippen LogP contribution in [0.5, 0.6) is 0 Å². The lowest BCUT2D eigenvalue weighted by Crippen LogP contribution is -2.65. The van der Waals surface area contributed by atoms with Gasteiger partial charge in [0.25, 0.3) is 0 Å². The molecular formula is C47H65N5O3. The zero-order valence-electron chi connectivity index (χ0n) is 34.6. The van der Waals surface area contributed by atoms with Gasteiger partial charge >= 0.3 is 5.97 Å². The number of carbonyl (C=O) groups is 1. The van der Waals surface area contributed by atoms with Gasteiger partial charge in [0.05, 0.1) is 23.9 Å². The van der Waals surface area contributed by atoms with E-state index in [1.165, 1.54) is 35.2 Å². The molecule has 4 fully saturated rings. The van der Waals surface area contributed by atoms with E-state index in [2.05, 4.69) is 82.0 Å². The normalized spacial score (nSPS) is 36.5. The summed E-state index contributed by atoms with van der Waals surface area (Å²) < 4.78 is 13.0. The molecule has 1 saturated heterocycles. The zero-order chi connectivity index (χ0) is 38.6. The van der Waals surface area contributed by atoms with E-state index in [1.807, 2.05) is 24.5 Å². The van der Waals surface area contributed by atoms with Crippen LogP contribution in [-0.2, 0) is 34.5 Å². The number of carbonyl (C=O) groups excluding carboxylic acids is 1. The largest absolute Gasteiger partial charge is 0.467 e. The van der Waals surface area contributed by atoms with Crippen molar-refractivity contribution in [3.63, 3.8) is 0 Å². The number of hydrogen-bond acceptors (Lipinski definition) is 7. The fourth-order valence-corrected chi connectivity index (χ4v) is 14.1. The molecule has 2 aromatic heterocycles. The first-order valence-corrected chi connectivity index (χ1v) is 21.4. The van der Waals surface area contributed by atoms with Crippen LogP contribution in [0.2, 0.25) is 0 Å². The summed E-state index contributed by atoms with van der Waals surface area (Å²) in [5, 5.41) is 11.6. The molecule has 1 aromatic carbocycles. The maximum Gasteiger partial charge on any atom is 0.313 e. The predicted octanol–water partition coefficient (Wildman–Crippen LogP) is 9.08. The van der Waals surface area contributed by atoms with Gasteiger partial charge in [-0.2, -0.15) is 5.10 Å². The highest BCUT2D eigenvalue weighted by atomic mass is 16.5. The molecule has 0 bridgehead atoms. The highest BCUT2D eigenvalue weighted by molar-refractivity contribution is 5.82. The number of furan rings is 1. The number of nitrogens with two attached hydrogens (primary N) is 1. The van der Waals surface area contributed by atoms with Crippen LogP contribution in [0, 0.1) is 44.8 Å². The number of aromatic amines is 1. The van der Waals surface area contributed by atoms with Crippen LogP contribution >= 0.6 is 0 Å². The fraction of sp³-hybridized carbons (Fsp3) is 0.660. The molecule has 0 amide bonds. The Bertz CT molecular complexity index is 1990. The molecule has 0 spiro atoms. The van der Waals surface area contributed by atoms with Crippen LogP contribution in [0.1, 0.15) is 128 Å². The monoisotopic (exact) mass is 748 g/mol. The summed E-state index contributed by atoms with van der Waals surface area (Å²) in [6.45, 7) is 22.8. The van der Waals surface area contributed by atoms with Crippen molar-refractivity contribution in [1.29, 1.82) is 0 Å². The fourth-order valence-electron chi connectivity index (χ4n) is 14.1. The van der Waals surface area contributed by atoms with Gasteiger partial charge in [-0.25, -0.2) is 0 Å². The van der Waals surface area contributed by atoms with Crippen LogP contribution in [0.25, 0.3) is 5.57 Å². The van der Waals surface area contributed by atoms with Gasteiger partial charge in [0, 0.05) is 42.7 Å². The number of hydrogen-bond donors (Lipinski definition) is 3. The van der Waals surface area contributed by atoms with Crippen LogP contribution in [0.15, 0.2) is 52.7 Å². The molecule has 3 saturated carbocycles. The van der Waals surface area contributed by atoms with Gasteiger partial charge in [-0.05, 0) is 114 Å². The third kappa shape index (κ3) is 5.50. The molecule has 1 aliphatic heterocycles. The van der Waals surface area contributed by atoms with Gasteiger partial charge in [0.1, 0.15) is 18.2 Å². The molecule has 0 radical (unpaired) electrons. The second-order valence-electron chi connectivity index (χ2n) is 20.8. The molecule has 55 heavy (non-hydrogen) atoms. The Labute approximate surface area is 328 Å². The lowest BCUT2D eigenvalue weighted by molar-refractivity contribution is -0.181. The summed E-state index contributed by atoms with van der Waals surface area (Å²) in [6, 6.07) is 12.5. The van der Waals surface area contributed by atoms with Crippen LogP contribution in [-0.4, -0.2) is 47.2 Å². The average molecular weight is 748 g/mol. The Morgan fingerprint density at radius 3 is 2.47 bits per heavy atom. The summed E-state index contributed by atoms with van der Waals surface area (Å²) in [4.78, 5) is 17.5. The Morgan fingerprint density at radius 1 is 0.964 bits per heavy atom. The van der Waals surface area contributed by atoms with Gasteiger partial charge in [0.15, 0.2) is 0 Å². The Hall–Kier alpha value is -3.36. The number of anilines is 1. The van der Waals surface area contributed by atoms with Crippen molar-refractivity contribution in [2.75, 3.05) is 31.9 Å². The quantitative estimate of drug-likeness (QED) is 0.216. The summed E-state index contributed by atoms with van der Waals surface area (Å²) in [6.07, 6.45) is 11.0. The third-order valence-corrected chi connectivity index (χ3v) is 17.2. The summed E-state index contributed by atoms with van der Waals surface area (Å²) in [5.74, 6) is 2.84. The first kappa shape index (κ1) is 37.2. The first-order chi connectivity index (χ1) is 26.1. The number of aromatic nitrogens is 2. The van der Waals surface area contributed by atoms with Crippen LogP contribution in [0.3, 0.4) is 0 Å². The number of nitrogens with zero attached hydrogens (tertiary/aromatic N) is 2. The van der Waals surface area contributed by atoms with Crippen molar-refractivity contribution >= 4 is 17.4 Å². The Morgan fingerprint density at radius 2 is 1.71 bits per heavy atom. The predicted molar refractivity (Wildman–Crippen MR) is 218 cm³/mol. The van der Waals surface area contributed by atoms with Crippen molar-refractivity contribution in [3.05, 3.63) is 76.4 Å². The molecule has 5 aliphatic carbocycles. The van der Waals surface area contributed by atoms with E-state index in [-0.39, 0.29) is 39.0 Å². The minimum atomic E-state index is -0.538. The third-order valence-electron chi connectivity index (χ3n) is 17.2. The minimum absolute atomic E-state index is 0.0126. The summed E-state index contributed by atoms with van der Waals surface area (Å²) >= 11 is 0. The number of allylic oxidation sites excluding steroid dienone is 2. The molecule has 1 unspecified atom stereocenters. The number of piperazine rings is 1. The van der Waals surface area contributed by atoms with Crippen LogP contribution in [0.4, 0.5) is 5.82 Å². The van der Waals surface area contributed by atoms with Gasteiger partial charge in [-0.15, -0.1) is 0 Å². The molecule has 8 nitrogen and oxygen atoms in total. The SMILES string of the molecule is CC1(C)CC[C@]2(C(=O)OCc3ccccc3)CC[C@]3(C)C(=C(c4ccoc4CN4CCNCC4)CC4[C@@]5(C)Cc6c(n[nH]c6N)C(C)(C)[C@@H]5CC[C@]43C)[C@@H]2C1. The van der Waals surface area contributed by atoms with E-state index in [4.69, 9.17) is 20.0 Å². The zero-order valence-corrected chi connectivity index (χ0v) is 34.6.